The maximum Gasteiger partial charge on any atom is 0.258 e. The third-order valence-electron chi connectivity index (χ3n) is 3.92. The Kier molecular flexibility index (Phi) is 5.91. The van der Waals surface area contributed by atoms with Crippen LogP contribution in [0.3, 0.4) is 0 Å². The number of methoxy groups -OCH3 is 3. The highest BCUT2D eigenvalue weighted by Crippen LogP contribution is 2.30. The van der Waals surface area contributed by atoms with Crippen molar-refractivity contribution in [1.29, 1.82) is 0 Å². The molecule has 2 aromatic carbocycles. The molecule has 0 aliphatic heterocycles. The van der Waals surface area contributed by atoms with Gasteiger partial charge in [-0.3, -0.25) is 4.79 Å². The SMILES string of the molecule is COc1ccc(NC(=O)c2cnc(Nc3ccc(OC)cc3OC)nc2)cc1. The minimum absolute atomic E-state index is 0.307. The molecule has 3 rings (SSSR count). The van der Waals surface area contributed by atoms with Crippen molar-refractivity contribution in [3.8, 4) is 17.2 Å². The lowest BCUT2D eigenvalue weighted by atomic mass is 10.2. The van der Waals surface area contributed by atoms with E-state index in [4.69, 9.17) is 14.2 Å². The Morgan fingerprint density at radius 2 is 1.50 bits per heavy atom. The number of ether oxygens (including phenoxy) is 3. The molecule has 8 nitrogen and oxygen atoms in total. The van der Waals surface area contributed by atoms with Gasteiger partial charge in [-0.25, -0.2) is 9.97 Å². The second kappa shape index (κ2) is 8.72. The smallest absolute Gasteiger partial charge is 0.258 e. The summed E-state index contributed by atoms with van der Waals surface area (Å²) in [5.41, 5.74) is 1.66. The van der Waals surface area contributed by atoms with Gasteiger partial charge in [0, 0.05) is 24.1 Å². The van der Waals surface area contributed by atoms with Crippen LogP contribution in [0.5, 0.6) is 17.2 Å². The Morgan fingerprint density at radius 1 is 0.857 bits per heavy atom. The summed E-state index contributed by atoms with van der Waals surface area (Å²) in [6.45, 7) is 0. The van der Waals surface area contributed by atoms with Crippen molar-refractivity contribution in [3.05, 3.63) is 60.4 Å². The quantitative estimate of drug-likeness (QED) is 0.648. The lowest BCUT2D eigenvalue weighted by molar-refractivity contribution is 0.102. The van der Waals surface area contributed by atoms with Crippen molar-refractivity contribution in [2.24, 2.45) is 0 Å². The molecule has 0 bridgehead atoms. The van der Waals surface area contributed by atoms with Crippen LogP contribution >= 0.6 is 0 Å². The Bertz CT molecular complexity index is 943. The molecule has 8 heteroatoms. The van der Waals surface area contributed by atoms with Gasteiger partial charge in [0.15, 0.2) is 0 Å². The minimum Gasteiger partial charge on any atom is -0.497 e. The summed E-state index contributed by atoms with van der Waals surface area (Å²) in [7, 11) is 4.73. The molecule has 0 unspecified atom stereocenters. The molecule has 144 valence electrons. The molecule has 3 aromatic rings. The van der Waals surface area contributed by atoms with E-state index in [1.165, 1.54) is 12.4 Å². The van der Waals surface area contributed by atoms with Crippen LogP contribution in [-0.2, 0) is 0 Å². The van der Waals surface area contributed by atoms with Gasteiger partial charge in [-0.05, 0) is 36.4 Å². The molecule has 0 radical (unpaired) electrons. The Morgan fingerprint density at radius 3 is 2.11 bits per heavy atom. The van der Waals surface area contributed by atoms with E-state index in [1.807, 2.05) is 0 Å². The second-order valence-corrected chi connectivity index (χ2v) is 5.67. The molecule has 1 aromatic heterocycles. The monoisotopic (exact) mass is 380 g/mol. The van der Waals surface area contributed by atoms with E-state index < -0.39 is 0 Å². The van der Waals surface area contributed by atoms with Crippen LogP contribution in [-0.4, -0.2) is 37.2 Å². The number of hydrogen-bond donors (Lipinski definition) is 2. The molecular weight excluding hydrogens is 360 g/mol. The number of carbonyl (C=O) groups is 1. The maximum absolute atomic E-state index is 12.3. The molecule has 0 saturated carbocycles. The van der Waals surface area contributed by atoms with E-state index in [0.717, 1.165) is 0 Å². The summed E-state index contributed by atoms with van der Waals surface area (Å²) in [4.78, 5) is 20.7. The Balaban J connectivity index is 1.68. The molecule has 2 N–H and O–H groups in total. The van der Waals surface area contributed by atoms with E-state index in [1.54, 1.807) is 63.8 Å². The van der Waals surface area contributed by atoms with E-state index in [2.05, 4.69) is 20.6 Å². The van der Waals surface area contributed by atoms with Gasteiger partial charge in [0.2, 0.25) is 5.95 Å². The molecule has 0 aliphatic carbocycles. The van der Waals surface area contributed by atoms with E-state index in [-0.39, 0.29) is 5.91 Å². The first-order valence-corrected chi connectivity index (χ1v) is 8.39. The average Bonchev–Trinajstić information content (AvgIpc) is 2.75. The molecule has 1 amide bonds. The number of nitrogens with one attached hydrogen (secondary N) is 2. The summed E-state index contributed by atoms with van der Waals surface area (Å²) in [5, 5.41) is 5.84. The highest BCUT2D eigenvalue weighted by atomic mass is 16.5. The number of amides is 1. The van der Waals surface area contributed by atoms with Gasteiger partial charge in [-0.1, -0.05) is 0 Å². The number of hydrogen-bond acceptors (Lipinski definition) is 7. The first kappa shape index (κ1) is 19.0. The molecule has 0 fully saturated rings. The van der Waals surface area contributed by atoms with Crippen LogP contribution in [0.2, 0.25) is 0 Å². The summed E-state index contributed by atoms with van der Waals surface area (Å²) in [5.74, 6) is 2.01. The highest BCUT2D eigenvalue weighted by Gasteiger charge is 2.10. The number of carbonyl (C=O) groups excluding carboxylic acids is 1. The number of aromatic nitrogens is 2. The van der Waals surface area contributed by atoms with Gasteiger partial charge < -0.3 is 24.8 Å². The number of anilines is 3. The molecule has 28 heavy (non-hydrogen) atoms. The Labute approximate surface area is 162 Å². The third-order valence-corrected chi connectivity index (χ3v) is 3.92. The van der Waals surface area contributed by atoms with Gasteiger partial charge in [-0.2, -0.15) is 0 Å². The van der Waals surface area contributed by atoms with Crippen molar-refractivity contribution in [2.75, 3.05) is 32.0 Å². The fraction of sp³-hybridized carbons (Fsp3) is 0.150. The molecule has 0 saturated heterocycles. The molecule has 0 spiro atoms. The van der Waals surface area contributed by atoms with Gasteiger partial charge in [-0.15, -0.1) is 0 Å². The van der Waals surface area contributed by atoms with E-state index >= 15 is 0 Å². The summed E-state index contributed by atoms with van der Waals surface area (Å²) in [6, 6.07) is 12.4. The van der Waals surface area contributed by atoms with Gasteiger partial charge in [0.05, 0.1) is 32.6 Å². The van der Waals surface area contributed by atoms with Crippen LogP contribution in [0.1, 0.15) is 10.4 Å². The van der Waals surface area contributed by atoms with Crippen molar-refractivity contribution in [1.82, 2.24) is 9.97 Å². The van der Waals surface area contributed by atoms with E-state index in [0.29, 0.717) is 40.1 Å². The molecule has 0 atom stereocenters. The number of rotatable bonds is 7. The molecular formula is C20H20N4O4. The van der Waals surface area contributed by atoms with Gasteiger partial charge >= 0.3 is 0 Å². The first-order chi connectivity index (χ1) is 13.6. The van der Waals surface area contributed by atoms with Crippen molar-refractivity contribution < 1.29 is 19.0 Å². The number of nitrogens with zero attached hydrogens (tertiary/aromatic N) is 2. The van der Waals surface area contributed by atoms with Crippen LogP contribution < -0.4 is 24.8 Å². The Hall–Kier alpha value is -3.81. The highest BCUT2D eigenvalue weighted by molar-refractivity contribution is 6.03. The van der Waals surface area contributed by atoms with E-state index in [9.17, 15) is 4.79 Å². The third kappa shape index (κ3) is 4.47. The zero-order valence-corrected chi connectivity index (χ0v) is 15.7. The van der Waals surface area contributed by atoms with Crippen molar-refractivity contribution >= 4 is 23.2 Å². The lowest BCUT2D eigenvalue weighted by Crippen LogP contribution is -2.13. The predicted molar refractivity (Wildman–Crippen MR) is 106 cm³/mol. The van der Waals surface area contributed by atoms with Crippen molar-refractivity contribution in [3.63, 3.8) is 0 Å². The maximum atomic E-state index is 12.3. The predicted octanol–water partition coefficient (Wildman–Crippen LogP) is 3.50. The van der Waals surface area contributed by atoms with Gasteiger partial charge in [0.25, 0.3) is 5.91 Å². The second-order valence-electron chi connectivity index (χ2n) is 5.67. The van der Waals surface area contributed by atoms with Crippen LogP contribution in [0.15, 0.2) is 54.9 Å². The summed E-state index contributed by atoms with van der Waals surface area (Å²) < 4.78 is 15.6. The fourth-order valence-corrected chi connectivity index (χ4v) is 2.41. The first-order valence-electron chi connectivity index (χ1n) is 8.39. The van der Waals surface area contributed by atoms with Crippen molar-refractivity contribution in [2.45, 2.75) is 0 Å². The zero-order chi connectivity index (χ0) is 19.9. The summed E-state index contributed by atoms with van der Waals surface area (Å²) in [6.07, 6.45) is 2.90. The van der Waals surface area contributed by atoms with Crippen LogP contribution in [0.25, 0.3) is 0 Å². The van der Waals surface area contributed by atoms with Crippen LogP contribution in [0, 0.1) is 0 Å². The normalized spacial score (nSPS) is 10.1. The van der Waals surface area contributed by atoms with Crippen LogP contribution in [0.4, 0.5) is 17.3 Å². The number of benzene rings is 2. The average molecular weight is 380 g/mol. The topological polar surface area (TPSA) is 94.6 Å². The molecule has 0 aliphatic rings. The standard InChI is InChI=1S/C20H20N4O4/c1-26-15-6-4-14(5-7-15)23-19(25)13-11-21-20(22-12-13)24-17-9-8-16(27-2)10-18(17)28-3/h4-12H,1-3H3,(H,23,25)(H,21,22,24). The zero-order valence-electron chi connectivity index (χ0n) is 15.7. The minimum atomic E-state index is -0.307. The largest absolute Gasteiger partial charge is 0.497 e. The summed E-state index contributed by atoms with van der Waals surface area (Å²) >= 11 is 0. The molecule has 1 heterocycles. The fourth-order valence-electron chi connectivity index (χ4n) is 2.41. The van der Waals surface area contributed by atoms with Gasteiger partial charge in [0.1, 0.15) is 17.2 Å². The lowest BCUT2D eigenvalue weighted by Gasteiger charge is -2.11.